The largest absolute Gasteiger partial charge is 0.370 e. The number of nitrogens with one attached hydrogen (secondary N) is 2. The third-order valence-corrected chi connectivity index (χ3v) is 6.08. The maximum absolute atomic E-state index is 11.5. The van der Waals surface area contributed by atoms with Gasteiger partial charge in [-0.2, -0.15) is 0 Å². The molecule has 2 rings (SSSR count). The molecule has 1 heterocycles. The number of sulfone groups is 1. The summed E-state index contributed by atoms with van der Waals surface area (Å²) in [5.74, 6) is 1.12. The van der Waals surface area contributed by atoms with Crippen LogP contribution < -0.4 is 15.5 Å². The molecule has 2 N–H and O–H groups in total. The van der Waals surface area contributed by atoms with Crippen molar-refractivity contribution in [1.82, 2.24) is 10.6 Å². The standard InChI is InChI=1S/C17H28N4O2S/c1-4-21(16-8-6-5-7-14(16)2)11-10-19-17(18-3)20-15-9-12-24(22,23)13-15/h5-8,15H,4,9-13H2,1-3H3,(H2,18,19,20). The molecule has 134 valence electrons. The first kappa shape index (κ1) is 18.6. The van der Waals surface area contributed by atoms with Crippen LogP contribution in [0.4, 0.5) is 5.69 Å². The van der Waals surface area contributed by atoms with Crippen LogP contribution in [0.15, 0.2) is 29.3 Å². The lowest BCUT2D eigenvalue weighted by Crippen LogP contribution is -2.46. The van der Waals surface area contributed by atoms with Crippen LogP contribution >= 0.6 is 0 Å². The molecule has 1 aliphatic rings. The van der Waals surface area contributed by atoms with Gasteiger partial charge in [-0.15, -0.1) is 0 Å². The van der Waals surface area contributed by atoms with Gasteiger partial charge >= 0.3 is 0 Å². The van der Waals surface area contributed by atoms with Crippen molar-refractivity contribution in [2.75, 3.05) is 43.1 Å². The quantitative estimate of drug-likeness (QED) is 0.594. The first-order valence-electron chi connectivity index (χ1n) is 8.43. The van der Waals surface area contributed by atoms with Crippen molar-refractivity contribution < 1.29 is 8.42 Å². The number of nitrogens with zero attached hydrogens (tertiary/aromatic N) is 2. The van der Waals surface area contributed by atoms with Crippen molar-refractivity contribution in [1.29, 1.82) is 0 Å². The monoisotopic (exact) mass is 352 g/mol. The summed E-state index contributed by atoms with van der Waals surface area (Å²) in [5, 5.41) is 6.49. The van der Waals surface area contributed by atoms with E-state index in [0.717, 1.165) is 19.6 Å². The summed E-state index contributed by atoms with van der Waals surface area (Å²) < 4.78 is 23.1. The van der Waals surface area contributed by atoms with Crippen LogP contribution in [-0.2, 0) is 9.84 Å². The summed E-state index contributed by atoms with van der Waals surface area (Å²) in [6.07, 6.45) is 0.646. The molecule has 1 atom stereocenters. The molecular formula is C17H28N4O2S. The molecule has 0 aliphatic carbocycles. The Kier molecular flexibility index (Phi) is 6.48. The van der Waals surface area contributed by atoms with E-state index in [1.165, 1.54) is 11.3 Å². The van der Waals surface area contributed by atoms with Crippen molar-refractivity contribution in [3.8, 4) is 0 Å². The highest BCUT2D eigenvalue weighted by Crippen LogP contribution is 2.18. The van der Waals surface area contributed by atoms with E-state index in [9.17, 15) is 8.42 Å². The fourth-order valence-corrected chi connectivity index (χ4v) is 4.65. The topological polar surface area (TPSA) is 73.8 Å². The first-order valence-corrected chi connectivity index (χ1v) is 10.3. The number of rotatable bonds is 6. The molecular weight excluding hydrogens is 324 g/mol. The number of anilines is 1. The molecule has 0 radical (unpaired) electrons. The van der Waals surface area contributed by atoms with Gasteiger partial charge in [0.15, 0.2) is 15.8 Å². The summed E-state index contributed by atoms with van der Waals surface area (Å²) in [6.45, 7) is 6.78. The van der Waals surface area contributed by atoms with E-state index in [4.69, 9.17) is 0 Å². The van der Waals surface area contributed by atoms with Crippen LogP contribution in [0.3, 0.4) is 0 Å². The van der Waals surface area contributed by atoms with Crippen LogP contribution in [0, 0.1) is 6.92 Å². The van der Waals surface area contributed by atoms with Crippen molar-refractivity contribution >= 4 is 21.5 Å². The maximum Gasteiger partial charge on any atom is 0.191 e. The van der Waals surface area contributed by atoms with Gasteiger partial charge in [0.05, 0.1) is 11.5 Å². The Bertz CT molecular complexity index is 673. The predicted molar refractivity (Wildman–Crippen MR) is 101 cm³/mol. The molecule has 0 aromatic heterocycles. The van der Waals surface area contributed by atoms with E-state index in [2.05, 4.69) is 52.6 Å². The number of para-hydroxylation sites is 1. The molecule has 0 saturated carbocycles. The molecule has 1 unspecified atom stereocenters. The first-order chi connectivity index (χ1) is 11.4. The smallest absolute Gasteiger partial charge is 0.191 e. The van der Waals surface area contributed by atoms with Crippen LogP contribution in [0.5, 0.6) is 0 Å². The number of hydrogen-bond donors (Lipinski definition) is 2. The second kappa shape index (κ2) is 8.37. The molecule has 6 nitrogen and oxygen atoms in total. The number of aliphatic imine (C=N–C) groups is 1. The molecule has 24 heavy (non-hydrogen) atoms. The van der Waals surface area contributed by atoms with Crippen molar-refractivity contribution in [2.24, 2.45) is 4.99 Å². The van der Waals surface area contributed by atoms with Crippen LogP contribution in [0.25, 0.3) is 0 Å². The minimum absolute atomic E-state index is 0.0418. The van der Waals surface area contributed by atoms with Crippen molar-refractivity contribution in [3.63, 3.8) is 0 Å². The maximum atomic E-state index is 11.5. The normalized spacial score (nSPS) is 20.0. The van der Waals surface area contributed by atoms with Gasteiger partial charge in [-0.1, -0.05) is 18.2 Å². The number of aryl methyl sites for hydroxylation is 1. The molecule has 0 bridgehead atoms. The lowest BCUT2D eigenvalue weighted by Gasteiger charge is -2.25. The average Bonchev–Trinajstić information content (AvgIpc) is 2.90. The lowest BCUT2D eigenvalue weighted by molar-refractivity contribution is 0.599. The van der Waals surface area contributed by atoms with Gasteiger partial charge in [0.1, 0.15) is 0 Å². The molecule has 1 aromatic carbocycles. The third kappa shape index (κ3) is 5.12. The van der Waals surface area contributed by atoms with Crippen LogP contribution in [0.1, 0.15) is 18.9 Å². The van der Waals surface area contributed by atoms with E-state index < -0.39 is 9.84 Å². The Morgan fingerprint density at radius 1 is 1.38 bits per heavy atom. The fraction of sp³-hybridized carbons (Fsp3) is 0.588. The van der Waals surface area contributed by atoms with Crippen LogP contribution in [-0.4, -0.2) is 58.6 Å². The van der Waals surface area contributed by atoms with Gasteiger partial charge < -0.3 is 15.5 Å². The van der Waals surface area contributed by atoms with Gasteiger partial charge in [0, 0.05) is 38.4 Å². The summed E-state index contributed by atoms with van der Waals surface area (Å²) >= 11 is 0. The van der Waals surface area contributed by atoms with E-state index in [0.29, 0.717) is 12.4 Å². The van der Waals surface area contributed by atoms with Gasteiger partial charge in [0.2, 0.25) is 0 Å². The predicted octanol–water partition coefficient (Wildman–Crippen LogP) is 1.17. The molecule has 1 aliphatic heterocycles. The van der Waals surface area contributed by atoms with Gasteiger partial charge in [0.25, 0.3) is 0 Å². The lowest BCUT2D eigenvalue weighted by atomic mass is 10.2. The number of benzene rings is 1. The highest BCUT2D eigenvalue weighted by atomic mass is 32.2. The van der Waals surface area contributed by atoms with Crippen molar-refractivity contribution in [2.45, 2.75) is 26.3 Å². The Morgan fingerprint density at radius 2 is 2.12 bits per heavy atom. The minimum atomic E-state index is -2.88. The zero-order chi connectivity index (χ0) is 17.6. The zero-order valence-corrected chi connectivity index (χ0v) is 15.6. The summed E-state index contributed by atoms with van der Waals surface area (Å²) in [4.78, 5) is 6.51. The SMILES string of the molecule is CCN(CCNC(=NC)NC1CCS(=O)(=O)C1)c1ccccc1C. The fourth-order valence-electron chi connectivity index (χ4n) is 2.97. The van der Waals surface area contributed by atoms with Crippen molar-refractivity contribution in [3.05, 3.63) is 29.8 Å². The van der Waals surface area contributed by atoms with Gasteiger partial charge in [-0.3, -0.25) is 4.99 Å². The molecule has 0 spiro atoms. The molecule has 1 saturated heterocycles. The average molecular weight is 353 g/mol. The summed E-state index contributed by atoms with van der Waals surface area (Å²) in [5.41, 5.74) is 2.50. The highest BCUT2D eigenvalue weighted by Gasteiger charge is 2.28. The molecule has 7 heteroatoms. The van der Waals surface area contributed by atoms with Gasteiger partial charge in [-0.25, -0.2) is 8.42 Å². The second-order valence-corrected chi connectivity index (χ2v) is 8.34. The Hall–Kier alpha value is -1.76. The molecule has 0 amide bonds. The van der Waals surface area contributed by atoms with Crippen LogP contribution in [0.2, 0.25) is 0 Å². The Labute approximate surface area is 145 Å². The van der Waals surface area contributed by atoms with E-state index in [1.807, 2.05) is 6.07 Å². The van der Waals surface area contributed by atoms with E-state index in [1.54, 1.807) is 7.05 Å². The Morgan fingerprint density at radius 3 is 2.71 bits per heavy atom. The van der Waals surface area contributed by atoms with E-state index in [-0.39, 0.29) is 17.5 Å². The number of likely N-dealkylation sites (N-methyl/N-ethyl adjacent to an activating group) is 1. The second-order valence-electron chi connectivity index (χ2n) is 6.11. The van der Waals surface area contributed by atoms with Gasteiger partial charge in [-0.05, 0) is 31.9 Å². The minimum Gasteiger partial charge on any atom is -0.370 e. The number of hydrogen-bond acceptors (Lipinski definition) is 4. The number of guanidine groups is 1. The molecule has 1 fully saturated rings. The Balaban J connectivity index is 1.84. The highest BCUT2D eigenvalue weighted by molar-refractivity contribution is 7.91. The third-order valence-electron chi connectivity index (χ3n) is 4.31. The summed E-state index contributed by atoms with van der Waals surface area (Å²) in [7, 11) is -1.18. The molecule has 1 aromatic rings. The summed E-state index contributed by atoms with van der Waals surface area (Å²) in [6, 6.07) is 8.31. The zero-order valence-electron chi connectivity index (χ0n) is 14.7. The van der Waals surface area contributed by atoms with E-state index >= 15 is 0 Å².